The molecule has 1 aromatic carbocycles. The number of oxazole rings is 1. The van der Waals surface area contributed by atoms with Crippen molar-refractivity contribution in [3.8, 4) is 0 Å². The van der Waals surface area contributed by atoms with Gasteiger partial charge in [-0.05, 0) is 68.2 Å². The standard InChI is InChI=1S/C26H30N2O6S/c1-6-32-25(31)21-17-9-8-16(26(3,4)5)12-20(17)35-23(21)28-22(29)14(2)34-24(30)15-7-10-19-18(11-15)27-13-33-19/h7,10-11,13-14,16H,6,8-9,12H2,1-5H3,(H,28,29). The average Bonchev–Trinajstić information content (AvgIpc) is 3.41. The maximum absolute atomic E-state index is 13.0. The van der Waals surface area contributed by atoms with Crippen LogP contribution >= 0.6 is 11.3 Å². The topological polar surface area (TPSA) is 108 Å². The summed E-state index contributed by atoms with van der Waals surface area (Å²) in [5, 5.41) is 3.26. The number of nitrogens with one attached hydrogen (secondary N) is 1. The van der Waals surface area contributed by atoms with Crippen molar-refractivity contribution in [3.63, 3.8) is 0 Å². The molecule has 8 nitrogen and oxygen atoms in total. The van der Waals surface area contributed by atoms with E-state index in [0.717, 1.165) is 29.7 Å². The summed E-state index contributed by atoms with van der Waals surface area (Å²) < 4.78 is 15.9. The van der Waals surface area contributed by atoms with E-state index in [2.05, 4.69) is 31.1 Å². The quantitative estimate of drug-likeness (QED) is 0.453. The maximum atomic E-state index is 13.0. The van der Waals surface area contributed by atoms with Gasteiger partial charge in [-0.2, -0.15) is 0 Å². The molecule has 2 aromatic heterocycles. The van der Waals surface area contributed by atoms with Crippen LogP contribution in [-0.2, 0) is 27.1 Å². The molecule has 0 bridgehead atoms. The number of rotatable bonds is 6. The Hall–Kier alpha value is -3.20. The van der Waals surface area contributed by atoms with Crippen LogP contribution in [0.2, 0.25) is 0 Å². The van der Waals surface area contributed by atoms with Crippen LogP contribution < -0.4 is 5.32 Å². The minimum atomic E-state index is -1.08. The van der Waals surface area contributed by atoms with Crippen molar-refractivity contribution in [3.05, 3.63) is 46.2 Å². The van der Waals surface area contributed by atoms with E-state index < -0.39 is 23.9 Å². The smallest absolute Gasteiger partial charge is 0.341 e. The zero-order chi connectivity index (χ0) is 25.3. The van der Waals surface area contributed by atoms with Gasteiger partial charge >= 0.3 is 11.9 Å². The van der Waals surface area contributed by atoms with Gasteiger partial charge in [-0.15, -0.1) is 11.3 Å². The SMILES string of the molecule is CCOC(=O)c1c(NC(=O)C(C)OC(=O)c2ccc3ocnc3c2)sc2c1CCC(C(C)(C)C)C2. The summed E-state index contributed by atoms with van der Waals surface area (Å²) in [7, 11) is 0. The monoisotopic (exact) mass is 498 g/mol. The summed E-state index contributed by atoms with van der Waals surface area (Å²) in [4.78, 5) is 43.5. The molecule has 1 aliphatic carbocycles. The van der Waals surface area contributed by atoms with Crippen LogP contribution in [-0.4, -0.2) is 35.5 Å². The molecule has 2 atom stereocenters. The number of amides is 1. The molecule has 186 valence electrons. The molecule has 1 aliphatic rings. The number of esters is 2. The highest BCUT2D eigenvalue weighted by atomic mass is 32.1. The van der Waals surface area contributed by atoms with Crippen LogP contribution in [0.15, 0.2) is 29.0 Å². The second kappa shape index (κ2) is 9.81. The van der Waals surface area contributed by atoms with Crippen molar-refractivity contribution < 1.29 is 28.3 Å². The van der Waals surface area contributed by atoms with Crippen molar-refractivity contribution >= 4 is 45.3 Å². The van der Waals surface area contributed by atoms with E-state index in [1.807, 2.05) is 0 Å². The maximum Gasteiger partial charge on any atom is 0.341 e. The Kier molecular flexibility index (Phi) is 6.98. The summed E-state index contributed by atoms with van der Waals surface area (Å²) in [5.74, 6) is -1.13. The minimum Gasteiger partial charge on any atom is -0.462 e. The van der Waals surface area contributed by atoms with Crippen molar-refractivity contribution in [1.82, 2.24) is 4.98 Å². The van der Waals surface area contributed by atoms with Gasteiger partial charge in [0.1, 0.15) is 10.5 Å². The minimum absolute atomic E-state index is 0.146. The molecular formula is C26H30N2O6S. The van der Waals surface area contributed by atoms with E-state index in [0.29, 0.717) is 27.6 Å². The number of anilines is 1. The van der Waals surface area contributed by atoms with Gasteiger partial charge in [0, 0.05) is 4.88 Å². The Labute approximate surface area is 208 Å². The first kappa shape index (κ1) is 24.9. The van der Waals surface area contributed by atoms with Crippen molar-refractivity contribution in [2.75, 3.05) is 11.9 Å². The molecular weight excluding hydrogens is 468 g/mol. The average molecular weight is 499 g/mol. The van der Waals surface area contributed by atoms with E-state index in [4.69, 9.17) is 13.9 Å². The predicted molar refractivity (Wildman–Crippen MR) is 133 cm³/mol. The van der Waals surface area contributed by atoms with Crippen LogP contribution in [0.5, 0.6) is 0 Å². The lowest BCUT2D eigenvalue weighted by atomic mass is 9.72. The summed E-state index contributed by atoms with van der Waals surface area (Å²) in [6.45, 7) is 10.2. The number of hydrogen-bond donors (Lipinski definition) is 1. The molecule has 0 saturated heterocycles. The Bertz CT molecular complexity index is 1270. The molecule has 2 unspecified atom stereocenters. The van der Waals surface area contributed by atoms with Crippen LogP contribution in [0.4, 0.5) is 5.00 Å². The fourth-order valence-electron chi connectivity index (χ4n) is 4.31. The van der Waals surface area contributed by atoms with E-state index in [1.54, 1.807) is 25.1 Å². The highest BCUT2D eigenvalue weighted by molar-refractivity contribution is 7.17. The Morgan fingerprint density at radius 1 is 1.26 bits per heavy atom. The van der Waals surface area contributed by atoms with Gasteiger partial charge in [-0.1, -0.05) is 20.8 Å². The van der Waals surface area contributed by atoms with E-state index in [1.165, 1.54) is 24.7 Å². The van der Waals surface area contributed by atoms with Gasteiger partial charge < -0.3 is 19.2 Å². The number of hydrogen-bond acceptors (Lipinski definition) is 8. The number of benzene rings is 1. The Balaban J connectivity index is 1.52. The van der Waals surface area contributed by atoms with Crippen molar-refractivity contribution in [2.45, 2.75) is 60.0 Å². The van der Waals surface area contributed by atoms with E-state index in [9.17, 15) is 14.4 Å². The summed E-state index contributed by atoms with van der Waals surface area (Å²) in [6.07, 6.45) is 2.79. The number of aromatic nitrogens is 1. The molecule has 0 fully saturated rings. The summed E-state index contributed by atoms with van der Waals surface area (Å²) in [6, 6.07) is 4.72. The number of nitrogens with zero attached hydrogens (tertiary/aromatic N) is 1. The van der Waals surface area contributed by atoms with E-state index in [-0.39, 0.29) is 17.6 Å². The lowest BCUT2D eigenvalue weighted by Gasteiger charge is -2.33. The molecule has 0 aliphatic heterocycles. The Morgan fingerprint density at radius 2 is 2.03 bits per heavy atom. The predicted octanol–water partition coefficient (Wildman–Crippen LogP) is 5.40. The normalized spacial score (nSPS) is 16.4. The molecule has 1 N–H and O–H groups in total. The number of ether oxygens (including phenoxy) is 2. The van der Waals surface area contributed by atoms with E-state index >= 15 is 0 Å². The molecule has 3 aromatic rings. The first-order valence-electron chi connectivity index (χ1n) is 11.7. The first-order chi connectivity index (χ1) is 16.6. The fourth-order valence-corrected chi connectivity index (χ4v) is 5.63. The third kappa shape index (κ3) is 5.24. The number of carbonyl (C=O) groups is 3. The molecule has 0 spiro atoms. The van der Waals surface area contributed by atoms with Gasteiger partial charge in [0.05, 0.1) is 17.7 Å². The van der Waals surface area contributed by atoms with Gasteiger partial charge in [0.2, 0.25) is 0 Å². The van der Waals surface area contributed by atoms with Gasteiger partial charge in [0.25, 0.3) is 5.91 Å². The third-order valence-electron chi connectivity index (χ3n) is 6.43. The number of fused-ring (bicyclic) bond motifs is 2. The molecule has 1 amide bonds. The second-order valence-corrected chi connectivity index (χ2v) is 10.9. The van der Waals surface area contributed by atoms with Crippen LogP contribution in [0.25, 0.3) is 11.1 Å². The summed E-state index contributed by atoms with van der Waals surface area (Å²) in [5.41, 5.74) is 2.85. The van der Waals surface area contributed by atoms with Crippen molar-refractivity contribution in [1.29, 1.82) is 0 Å². The van der Waals surface area contributed by atoms with Gasteiger partial charge in [-0.25, -0.2) is 14.6 Å². The number of thiophene rings is 1. The fraction of sp³-hybridized carbons (Fsp3) is 0.462. The lowest BCUT2D eigenvalue weighted by Crippen LogP contribution is -2.30. The highest BCUT2D eigenvalue weighted by Crippen LogP contribution is 2.44. The third-order valence-corrected chi connectivity index (χ3v) is 7.60. The molecule has 35 heavy (non-hydrogen) atoms. The van der Waals surface area contributed by atoms with Gasteiger partial charge in [-0.3, -0.25) is 4.79 Å². The van der Waals surface area contributed by atoms with Crippen LogP contribution in [0, 0.1) is 11.3 Å². The summed E-state index contributed by atoms with van der Waals surface area (Å²) >= 11 is 1.41. The first-order valence-corrected chi connectivity index (χ1v) is 12.6. The molecule has 9 heteroatoms. The number of carbonyl (C=O) groups excluding carboxylic acids is 3. The van der Waals surface area contributed by atoms with Gasteiger partial charge in [0.15, 0.2) is 18.1 Å². The largest absolute Gasteiger partial charge is 0.462 e. The van der Waals surface area contributed by atoms with Crippen LogP contribution in [0.3, 0.4) is 0 Å². The molecule has 0 saturated carbocycles. The molecule has 0 radical (unpaired) electrons. The highest BCUT2D eigenvalue weighted by Gasteiger charge is 2.35. The van der Waals surface area contributed by atoms with Crippen LogP contribution in [0.1, 0.15) is 72.2 Å². The zero-order valence-electron chi connectivity index (χ0n) is 20.6. The molecule has 2 heterocycles. The second-order valence-electron chi connectivity index (χ2n) is 9.81. The lowest BCUT2D eigenvalue weighted by molar-refractivity contribution is -0.123. The van der Waals surface area contributed by atoms with Crippen molar-refractivity contribution in [2.24, 2.45) is 11.3 Å². The zero-order valence-corrected chi connectivity index (χ0v) is 21.4. The molecule has 4 rings (SSSR count). The Morgan fingerprint density at radius 3 is 2.74 bits per heavy atom.